The van der Waals surface area contributed by atoms with E-state index < -0.39 is 11.7 Å². The summed E-state index contributed by atoms with van der Waals surface area (Å²) >= 11 is 0. The smallest absolute Gasteiger partial charge is 0.417 e. The summed E-state index contributed by atoms with van der Waals surface area (Å²) in [4.78, 5) is 21.8. The number of nitrogens with one attached hydrogen (secondary N) is 1. The van der Waals surface area contributed by atoms with Gasteiger partial charge in [0.25, 0.3) is 0 Å². The third-order valence-electron chi connectivity index (χ3n) is 2.88. The number of rotatable bonds is 7. The fourth-order valence-corrected chi connectivity index (χ4v) is 1.76. The SMILES string of the molecule is Cc1cc(OCCC(C)O[C]=O)ccc1NC(=O)OC(C)(C)C. The van der Waals surface area contributed by atoms with Crippen molar-refractivity contribution in [2.24, 2.45) is 0 Å². The Bertz CT molecular complexity index is 536. The average Bonchev–Trinajstić information content (AvgIpc) is 2.40. The van der Waals surface area contributed by atoms with Gasteiger partial charge >= 0.3 is 12.6 Å². The molecule has 1 N–H and O–H groups in total. The molecule has 1 aromatic carbocycles. The molecule has 0 saturated carbocycles. The van der Waals surface area contributed by atoms with Crippen LogP contribution in [-0.4, -0.2) is 30.9 Å². The van der Waals surface area contributed by atoms with E-state index in [1.54, 1.807) is 19.1 Å². The Morgan fingerprint density at radius 1 is 1.35 bits per heavy atom. The lowest BCUT2D eigenvalue weighted by atomic mass is 10.2. The van der Waals surface area contributed by atoms with Crippen molar-refractivity contribution in [1.82, 2.24) is 0 Å². The van der Waals surface area contributed by atoms with E-state index in [9.17, 15) is 9.59 Å². The van der Waals surface area contributed by atoms with Crippen LogP contribution in [0.4, 0.5) is 10.5 Å². The van der Waals surface area contributed by atoms with Gasteiger partial charge in [-0.2, -0.15) is 0 Å². The zero-order valence-corrected chi connectivity index (χ0v) is 14.3. The minimum absolute atomic E-state index is 0.235. The highest BCUT2D eigenvalue weighted by molar-refractivity contribution is 5.86. The van der Waals surface area contributed by atoms with Crippen LogP contribution < -0.4 is 10.1 Å². The van der Waals surface area contributed by atoms with Gasteiger partial charge in [-0.1, -0.05) is 0 Å². The van der Waals surface area contributed by atoms with Crippen LogP contribution in [0.15, 0.2) is 18.2 Å². The van der Waals surface area contributed by atoms with Crippen molar-refractivity contribution in [3.8, 4) is 5.75 Å². The molecule has 0 aliphatic rings. The topological polar surface area (TPSA) is 73.9 Å². The fraction of sp³-hybridized carbons (Fsp3) is 0.529. The molecule has 1 atom stereocenters. The first-order valence-corrected chi connectivity index (χ1v) is 7.47. The molecular formula is C17H24NO5. The Hall–Kier alpha value is -2.24. The van der Waals surface area contributed by atoms with Gasteiger partial charge in [0.2, 0.25) is 0 Å². The van der Waals surface area contributed by atoms with Gasteiger partial charge in [-0.05, 0) is 58.4 Å². The highest BCUT2D eigenvalue weighted by Crippen LogP contribution is 2.22. The molecule has 6 nitrogen and oxygen atoms in total. The van der Waals surface area contributed by atoms with Crippen LogP contribution >= 0.6 is 0 Å². The van der Waals surface area contributed by atoms with Crippen LogP contribution in [0, 0.1) is 6.92 Å². The maximum absolute atomic E-state index is 11.8. The minimum atomic E-state index is -0.543. The van der Waals surface area contributed by atoms with E-state index in [4.69, 9.17) is 9.47 Å². The molecule has 0 saturated heterocycles. The van der Waals surface area contributed by atoms with Crippen LogP contribution in [0.3, 0.4) is 0 Å². The first kappa shape index (κ1) is 18.8. The van der Waals surface area contributed by atoms with Crippen LogP contribution in [0.5, 0.6) is 5.75 Å². The summed E-state index contributed by atoms with van der Waals surface area (Å²) in [6, 6.07) is 5.34. The summed E-state index contributed by atoms with van der Waals surface area (Å²) in [6.45, 7) is 10.9. The summed E-state index contributed by atoms with van der Waals surface area (Å²) in [5.74, 6) is 0.680. The first-order valence-electron chi connectivity index (χ1n) is 7.47. The lowest BCUT2D eigenvalue weighted by molar-refractivity contribution is 0.0635. The molecule has 0 spiro atoms. The number of carbonyl (C=O) groups excluding carboxylic acids is 2. The second-order valence-corrected chi connectivity index (χ2v) is 6.25. The van der Waals surface area contributed by atoms with Gasteiger partial charge in [0.15, 0.2) is 0 Å². The van der Waals surface area contributed by atoms with Crippen molar-refractivity contribution in [3.63, 3.8) is 0 Å². The number of hydrogen-bond acceptors (Lipinski definition) is 5. The Balaban J connectivity index is 2.54. The molecule has 1 amide bonds. The molecule has 1 unspecified atom stereocenters. The maximum atomic E-state index is 11.8. The molecule has 1 aromatic rings. The second kappa shape index (κ2) is 8.41. The van der Waals surface area contributed by atoms with Gasteiger partial charge in [-0.3, -0.25) is 5.32 Å². The van der Waals surface area contributed by atoms with E-state index >= 15 is 0 Å². The highest BCUT2D eigenvalue weighted by atomic mass is 16.6. The van der Waals surface area contributed by atoms with Crippen LogP contribution in [0.25, 0.3) is 0 Å². The standard InChI is InChI=1S/C17H24NO5/c1-12-10-14(21-9-8-13(2)22-11-19)6-7-15(12)18-16(20)23-17(3,4)5/h6-7,10,13H,8-9H2,1-5H3,(H,18,20). The average molecular weight is 322 g/mol. The molecule has 1 radical (unpaired) electrons. The molecule has 6 heteroatoms. The van der Waals surface area contributed by atoms with Crippen molar-refractivity contribution in [2.45, 2.75) is 52.7 Å². The van der Waals surface area contributed by atoms with Gasteiger partial charge in [0.05, 0.1) is 6.61 Å². The number of anilines is 1. The summed E-state index contributed by atoms with van der Waals surface area (Å²) < 4.78 is 15.5. The van der Waals surface area contributed by atoms with Gasteiger partial charge in [0.1, 0.15) is 17.5 Å². The largest absolute Gasteiger partial charge is 0.493 e. The molecule has 0 aromatic heterocycles. The summed E-state index contributed by atoms with van der Waals surface area (Å²) in [6.07, 6.45) is -0.154. The molecule has 1 rings (SSSR count). The van der Waals surface area contributed by atoms with E-state index in [0.29, 0.717) is 24.5 Å². The second-order valence-electron chi connectivity index (χ2n) is 6.25. The molecule has 127 valence electrons. The number of amides is 1. The van der Waals surface area contributed by atoms with E-state index in [-0.39, 0.29) is 6.10 Å². The lowest BCUT2D eigenvalue weighted by Crippen LogP contribution is -2.27. The number of ether oxygens (including phenoxy) is 3. The number of carbonyl (C=O) groups is 1. The molecule has 0 heterocycles. The van der Waals surface area contributed by atoms with Gasteiger partial charge < -0.3 is 14.2 Å². The van der Waals surface area contributed by atoms with Gasteiger partial charge in [-0.15, -0.1) is 0 Å². The zero-order valence-electron chi connectivity index (χ0n) is 14.3. The molecule has 0 fully saturated rings. The summed E-state index contributed by atoms with van der Waals surface area (Å²) in [5, 5.41) is 2.71. The Morgan fingerprint density at radius 2 is 2.04 bits per heavy atom. The van der Waals surface area contributed by atoms with E-state index in [0.717, 1.165) is 5.56 Å². The monoisotopic (exact) mass is 322 g/mol. The lowest BCUT2D eigenvalue weighted by Gasteiger charge is -2.20. The van der Waals surface area contributed by atoms with Crippen molar-refractivity contribution in [3.05, 3.63) is 23.8 Å². The molecule has 0 aliphatic heterocycles. The van der Waals surface area contributed by atoms with E-state index in [2.05, 4.69) is 10.1 Å². The van der Waals surface area contributed by atoms with Crippen molar-refractivity contribution in [2.75, 3.05) is 11.9 Å². The summed E-state index contributed by atoms with van der Waals surface area (Å²) in [5.41, 5.74) is 0.983. The first-order chi connectivity index (χ1) is 10.7. The Kier molecular flexibility index (Phi) is 6.88. The van der Waals surface area contributed by atoms with Crippen LogP contribution in [-0.2, 0) is 14.3 Å². The van der Waals surface area contributed by atoms with Crippen molar-refractivity contribution in [1.29, 1.82) is 0 Å². The fourth-order valence-electron chi connectivity index (χ4n) is 1.76. The van der Waals surface area contributed by atoms with Crippen LogP contribution in [0.1, 0.15) is 39.7 Å². The number of benzene rings is 1. The Morgan fingerprint density at radius 3 is 2.61 bits per heavy atom. The molecule has 0 bridgehead atoms. The predicted octanol–water partition coefficient (Wildman–Crippen LogP) is 3.58. The van der Waals surface area contributed by atoms with Gasteiger partial charge in [-0.25, -0.2) is 9.59 Å². The maximum Gasteiger partial charge on any atom is 0.417 e. The number of hydrogen-bond donors (Lipinski definition) is 1. The third kappa shape index (κ3) is 7.54. The normalized spacial score (nSPS) is 12.2. The predicted molar refractivity (Wildman–Crippen MR) is 87.4 cm³/mol. The molecular weight excluding hydrogens is 298 g/mol. The minimum Gasteiger partial charge on any atom is -0.493 e. The van der Waals surface area contributed by atoms with E-state index in [1.807, 2.05) is 33.8 Å². The van der Waals surface area contributed by atoms with Crippen LogP contribution in [0.2, 0.25) is 0 Å². The quantitative estimate of drug-likeness (QED) is 0.830. The summed E-state index contributed by atoms with van der Waals surface area (Å²) in [7, 11) is 0. The van der Waals surface area contributed by atoms with Crippen molar-refractivity contribution >= 4 is 18.3 Å². The molecule has 23 heavy (non-hydrogen) atoms. The van der Waals surface area contributed by atoms with Gasteiger partial charge in [0, 0.05) is 12.1 Å². The number of aryl methyl sites for hydroxylation is 1. The Labute approximate surface area is 137 Å². The third-order valence-corrected chi connectivity index (χ3v) is 2.88. The van der Waals surface area contributed by atoms with E-state index in [1.165, 1.54) is 6.47 Å². The molecule has 0 aliphatic carbocycles. The van der Waals surface area contributed by atoms with Crippen molar-refractivity contribution < 1.29 is 23.8 Å². The zero-order chi connectivity index (χ0) is 17.5. The highest BCUT2D eigenvalue weighted by Gasteiger charge is 2.16.